The molecule has 3 unspecified atom stereocenters. The van der Waals surface area contributed by atoms with Crippen LogP contribution in [0.3, 0.4) is 0 Å². The normalized spacial score (nSPS) is 27.1. The second kappa shape index (κ2) is 4.94. The number of nitrogens with zero attached hydrogens (tertiary/aromatic N) is 2. The minimum atomic E-state index is -3.69. The lowest BCUT2D eigenvalue weighted by Crippen LogP contribution is -2.19. The molecule has 0 saturated carbocycles. The Bertz CT molecular complexity index is 838. The highest BCUT2D eigenvalue weighted by molar-refractivity contribution is 7.89. The fraction of sp³-hybridized carbons (Fsp3) is 0.235. The van der Waals surface area contributed by atoms with Crippen molar-refractivity contribution >= 4 is 10.0 Å². The van der Waals surface area contributed by atoms with Crippen LogP contribution < -0.4 is 0 Å². The van der Waals surface area contributed by atoms with Crippen molar-refractivity contribution in [2.24, 2.45) is 0 Å². The van der Waals surface area contributed by atoms with Gasteiger partial charge in [-0.2, -0.15) is 9.57 Å². The Morgan fingerprint density at radius 3 is 2.23 bits per heavy atom. The van der Waals surface area contributed by atoms with Crippen molar-refractivity contribution in [2.45, 2.75) is 30.3 Å². The van der Waals surface area contributed by atoms with Crippen molar-refractivity contribution in [3.63, 3.8) is 0 Å². The van der Waals surface area contributed by atoms with Gasteiger partial charge >= 0.3 is 0 Å². The summed E-state index contributed by atoms with van der Waals surface area (Å²) >= 11 is 0. The minimum Gasteiger partial charge on any atom is -0.207 e. The van der Waals surface area contributed by atoms with Gasteiger partial charge in [0.05, 0.1) is 17.0 Å². The molecule has 5 heteroatoms. The SMILES string of the molecule is Cc1ccc(S(=O)(=O)N2C(c3ccccc3)C2(C)C#N)cc1. The first-order valence-electron chi connectivity index (χ1n) is 6.98. The molecular weight excluding hydrogens is 296 g/mol. The van der Waals surface area contributed by atoms with Crippen molar-refractivity contribution < 1.29 is 8.42 Å². The first-order valence-corrected chi connectivity index (χ1v) is 8.42. The summed E-state index contributed by atoms with van der Waals surface area (Å²) in [6.45, 7) is 3.57. The van der Waals surface area contributed by atoms with Gasteiger partial charge in [0.1, 0.15) is 5.54 Å². The molecule has 0 aromatic heterocycles. The van der Waals surface area contributed by atoms with E-state index in [2.05, 4.69) is 6.07 Å². The number of nitriles is 1. The summed E-state index contributed by atoms with van der Waals surface area (Å²) in [6.07, 6.45) is 0. The van der Waals surface area contributed by atoms with E-state index >= 15 is 0 Å². The molecule has 0 aliphatic carbocycles. The standard InChI is InChI=1S/C17H16N2O2S/c1-13-8-10-15(11-9-13)22(20,21)19-16(17(19,2)12-18)14-6-4-3-5-7-14/h3-11,16H,1-2H3. The molecule has 1 heterocycles. The number of hydrogen-bond donors (Lipinski definition) is 0. The number of benzene rings is 2. The molecule has 1 saturated heterocycles. The molecule has 0 spiro atoms. The van der Waals surface area contributed by atoms with Crippen LogP contribution in [0.1, 0.15) is 24.1 Å². The van der Waals surface area contributed by atoms with E-state index in [1.807, 2.05) is 37.3 Å². The monoisotopic (exact) mass is 312 g/mol. The minimum absolute atomic E-state index is 0.220. The number of aryl methyl sites for hydroxylation is 1. The third-order valence-electron chi connectivity index (χ3n) is 4.08. The molecule has 3 rings (SSSR count). The summed E-state index contributed by atoms with van der Waals surface area (Å²) in [6, 6.07) is 17.7. The fourth-order valence-corrected chi connectivity index (χ4v) is 4.68. The summed E-state index contributed by atoms with van der Waals surface area (Å²) in [5, 5.41) is 9.47. The van der Waals surface area contributed by atoms with Gasteiger partial charge in [-0.25, -0.2) is 8.42 Å². The van der Waals surface area contributed by atoms with Crippen molar-refractivity contribution in [3.8, 4) is 6.07 Å². The van der Waals surface area contributed by atoms with Crippen LogP contribution in [-0.4, -0.2) is 18.3 Å². The van der Waals surface area contributed by atoms with Crippen molar-refractivity contribution in [1.29, 1.82) is 5.26 Å². The van der Waals surface area contributed by atoms with Gasteiger partial charge in [0.25, 0.3) is 0 Å². The van der Waals surface area contributed by atoms with Crippen molar-refractivity contribution in [1.82, 2.24) is 4.31 Å². The number of sulfonamides is 1. The first-order chi connectivity index (χ1) is 10.4. The Labute approximate surface area is 130 Å². The van der Waals surface area contributed by atoms with Crippen molar-refractivity contribution in [2.75, 3.05) is 0 Å². The van der Waals surface area contributed by atoms with E-state index in [1.165, 1.54) is 4.31 Å². The van der Waals surface area contributed by atoms with E-state index in [-0.39, 0.29) is 4.90 Å². The Kier molecular flexibility index (Phi) is 3.32. The molecule has 2 aromatic carbocycles. The zero-order chi connectivity index (χ0) is 16.0. The molecular formula is C17H16N2O2S. The van der Waals surface area contributed by atoms with E-state index in [4.69, 9.17) is 0 Å². The molecule has 1 aliphatic heterocycles. The Balaban J connectivity index is 2.04. The van der Waals surface area contributed by atoms with Crippen LogP contribution in [0, 0.1) is 18.3 Å². The van der Waals surface area contributed by atoms with Gasteiger partial charge in [0, 0.05) is 0 Å². The quantitative estimate of drug-likeness (QED) is 0.818. The topological polar surface area (TPSA) is 60.9 Å². The second-order valence-electron chi connectivity index (χ2n) is 5.69. The Morgan fingerprint density at radius 2 is 1.68 bits per heavy atom. The van der Waals surface area contributed by atoms with Gasteiger partial charge in [-0.15, -0.1) is 0 Å². The van der Waals surface area contributed by atoms with E-state index in [1.54, 1.807) is 31.2 Å². The zero-order valence-corrected chi connectivity index (χ0v) is 13.2. The van der Waals surface area contributed by atoms with Crippen LogP contribution in [0.2, 0.25) is 0 Å². The lowest BCUT2D eigenvalue weighted by molar-refractivity contribution is 0.539. The summed E-state index contributed by atoms with van der Waals surface area (Å²) < 4.78 is 27.0. The van der Waals surface area contributed by atoms with Crippen LogP contribution in [0.25, 0.3) is 0 Å². The molecule has 112 valence electrons. The fourth-order valence-electron chi connectivity index (χ4n) is 2.78. The number of hydrogen-bond acceptors (Lipinski definition) is 3. The van der Waals surface area contributed by atoms with Gasteiger partial charge in [-0.05, 0) is 31.5 Å². The lowest BCUT2D eigenvalue weighted by Gasteiger charge is -2.07. The predicted molar refractivity (Wildman–Crippen MR) is 83.4 cm³/mol. The largest absolute Gasteiger partial charge is 0.245 e. The molecule has 3 atom stereocenters. The maximum atomic E-state index is 12.8. The van der Waals surface area contributed by atoms with Crippen LogP contribution in [-0.2, 0) is 10.0 Å². The van der Waals surface area contributed by atoms with Gasteiger partial charge < -0.3 is 0 Å². The zero-order valence-electron chi connectivity index (χ0n) is 12.4. The Morgan fingerprint density at radius 1 is 1.09 bits per heavy atom. The van der Waals surface area contributed by atoms with Crippen LogP contribution >= 0.6 is 0 Å². The van der Waals surface area contributed by atoms with E-state index in [9.17, 15) is 13.7 Å². The molecule has 2 aromatic rings. The van der Waals surface area contributed by atoms with Gasteiger partial charge in [0.15, 0.2) is 0 Å². The summed E-state index contributed by atoms with van der Waals surface area (Å²) in [5.74, 6) is 0. The van der Waals surface area contributed by atoms with E-state index in [0.29, 0.717) is 0 Å². The summed E-state index contributed by atoms with van der Waals surface area (Å²) in [4.78, 5) is 0.220. The first kappa shape index (κ1) is 14.8. The predicted octanol–water partition coefficient (Wildman–Crippen LogP) is 3.02. The average Bonchev–Trinajstić information content (AvgIpc) is 3.16. The maximum absolute atomic E-state index is 12.8. The molecule has 0 N–H and O–H groups in total. The smallest absolute Gasteiger partial charge is 0.207 e. The molecule has 0 amide bonds. The van der Waals surface area contributed by atoms with Crippen LogP contribution in [0.15, 0.2) is 59.5 Å². The van der Waals surface area contributed by atoms with Crippen molar-refractivity contribution in [3.05, 3.63) is 65.7 Å². The van der Waals surface area contributed by atoms with Crippen LogP contribution in [0.4, 0.5) is 0 Å². The van der Waals surface area contributed by atoms with Gasteiger partial charge in [-0.1, -0.05) is 48.0 Å². The molecule has 0 bridgehead atoms. The van der Waals surface area contributed by atoms with E-state index in [0.717, 1.165) is 11.1 Å². The van der Waals surface area contributed by atoms with Gasteiger partial charge in [0.2, 0.25) is 10.0 Å². The molecule has 4 nitrogen and oxygen atoms in total. The average molecular weight is 312 g/mol. The highest BCUT2D eigenvalue weighted by Crippen LogP contribution is 2.56. The summed E-state index contributed by atoms with van der Waals surface area (Å²) in [5.41, 5.74) is 0.792. The lowest BCUT2D eigenvalue weighted by atomic mass is 10.0. The maximum Gasteiger partial charge on any atom is 0.245 e. The highest BCUT2D eigenvalue weighted by Gasteiger charge is 2.67. The van der Waals surface area contributed by atoms with Crippen LogP contribution in [0.5, 0.6) is 0 Å². The molecule has 1 fully saturated rings. The highest BCUT2D eigenvalue weighted by atomic mass is 32.2. The second-order valence-corrected chi connectivity index (χ2v) is 7.50. The molecule has 0 radical (unpaired) electrons. The number of rotatable bonds is 3. The third-order valence-corrected chi connectivity index (χ3v) is 6.05. The molecule has 1 aliphatic rings. The summed E-state index contributed by atoms with van der Waals surface area (Å²) in [7, 11) is -3.69. The van der Waals surface area contributed by atoms with Gasteiger partial charge in [-0.3, -0.25) is 0 Å². The molecule has 22 heavy (non-hydrogen) atoms. The Hall–Kier alpha value is -2.16. The van der Waals surface area contributed by atoms with E-state index < -0.39 is 21.6 Å². The third kappa shape index (κ3) is 2.12.